The third-order valence-corrected chi connectivity index (χ3v) is 10.2. The smallest absolute Gasteiger partial charge is 0.0794 e. The minimum absolute atomic E-state index is 0.255. The Balaban J connectivity index is 1.33. The van der Waals surface area contributed by atoms with Crippen LogP contribution in [0.3, 0.4) is 0 Å². The van der Waals surface area contributed by atoms with E-state index < -0.39 is 5.41 Å². The molecule has 0 saturated heterocycles. The van der Waals surface area contributed by atoms with Gasteiger partial charge >= 0.3 is 0 Å². The molecule has 1 aromatic heterocycles. The van der Waals surface area contributed by atoms with Crippen molar-refractivity contribution in [2.75, 3.05) is 0 Å². The quantitative estimate of drug-likeness (QED) is 0.152. The molecule has 2 bridgehead atoms. The van der Waals surface area contributed by atoms with E-state index in [1.807, 2.05) is 0 Å². The fourth-order valence-electron chi connectivity index (χ4n) is 8.52. The lowest BCUT2D eigenvalue weighted by atomic mass is 9.51. The SMILES string of the molecule is c1cc(-c2c3ccccc3nc3c2ccc2ccccc23)cc(C23c4ccccc4C(c4ccccc42)c2ccccc23)c1. The number of para-hydroxylation sites is 1. The van der Waals surface area contributed by atoms with E-state index >= 15 is 0 Å². The number of aromatic nitrogens is 1. The first-order valence-corrected chi connectivity index (χ1v) is 15.4. The van der Waals surface area contributed by atoms with Crippen molar-refractivity contribution >= 4 is 32.6 Å². The second-order valence-electron chi connectivity index (χ2n) is 12.2. The van der Waals surface area contributed by atoms with Crippen molar-refractivity contribution in [3.8, 4) is 11.1 Å². The van der Waals surface area contributed by atoms with Crippen LogP contribution in [0.15, 0.2) is 158 Å². The number of hydrogen-bond donors (Lipinski definition) is 0. The van der Waals surface area contributed by atoms with Gasteiger partial charge in [0.2, 0.25) is 0 Å². The van der Waals surface area contributed by atoms with Crippen molar-refractivity contribution in [1.29, 1.82) is 0 Å². The Bertz CT molecular complexity index is 2350. The first-order valence-electron chi connectivity index (χ1n) is 15.4. The molecule has 0 spiro atoms. The monoisotopic (exact) mass is 557 g/mol. The molecule has 0 amide bonds. The van der Waals surface area contributed by atoms with Gasteiger partial charge in [0.05, 0.1) is 16.4 Å². The van der Waals surface area contributed by atoms with Crippen molar-refractivity contribution in [3.05, 3.63) is 197 Å². The number of hydrogen-bond acceptors (Lipinski definition) is 1. The summed E-state index contributed by atoms with van der Waals surface area (Å²) in [5, 5.41) is 4.77. The van der Waals surface area contributed by atoms with Gasteiger partial charge < -0.3 is 0 Å². The molecule has 0 saturated carbocycles. The number of benzene rings is 7. The molecule has 11 rings (SSSR count). The Labute approximate surface area is 256 Å². The normalized spacial score (nSPS) is 17.9. The molecule has 204 valence electrons. The molecule has 3 aliphatic carbocycles. The molecule has 44 heavy (non-hydrogen) atoms. The minimum Gasteiger partial charge on any atom is -0.247 e. The number of rotatable bonds is 2. The van der Waals surface area contributed by atoms with Crippen LogP contribution >= 0.6 is 0 Å². The summed E-state index contributed by atoms with van der Waals surface area (Å²) in [6, 6.07) is 58.4. The molecule has 0 unspecified atom stereocenters. The standard InChI is InChI=1S/C43H27N/c1-2-15-30-27(12-1)24-25-35-40(34-19-6-10-23-39(34)44-42(30)35)28-13-11-14-29(26-28)43-36-20-7-3-16-31(36)41(32-17-4-8-21-37(32)43)33-18-5-9-22-38(33)43/h1-26,41H. The Kier molecular flexibility index (Phi) is 4.77. The lowest BCUT2D eigenvalue weighted by molar-refractivity contribution is 0.630. The van der Waals surface area contributed by atoms with Crippen LogP contribution in [0.1, 0.15) is 44.9 Å². The molecule has 7 aromatic carbocycles. The predicted molar refractivity (Wildman–Crippen MR) is 181 cm³/mol. The Morgan fingerprint density at radius 1 is 0.455 bits per heavy atom. The van der Waals surface area contributed by atoms with Crippen molar-refractivity contribution in [2.45, 2.75) is 11.3 Å². The lowest BCUT2D eigenvalue weighted by Gasteiger charge is -2.51. The maximum absolute atomic E-state index is 5.23. The van der Waals surface area contributed by atoms with E-state index in [1.165, 1.54) is 71.6 Å². The highest BCUT2D eigenvalue weighted by molar-refractivity contribution is 6.16. The maximum atomic E-state index is 5.23. The molecule has 0 fully saturated rings. The van der Waals surface area contributed by atoms with Gasteiger partial charge in [-0.05, 0) is 62.0 Å². The summed E-state index contributed by atoms with van der Waals surface area (Å²) in [6.45, 7) is 0. The van der Waals surface area contributed by atoms with Gasteiger partial charge in [-0.1, -0.05) is 146 Å². The molecule has 1 nitrogen and oxygen atoms in total. The van der Waals surface area contributed by atoms with E-state index in [0.29, 0.717) is 0 Å². The summed E-state index contributed by atoms with van der Waals surface area (Å²) in [5.74, 6) is 0.255. The number of nitrogens with zero attached hydrogens (tertiary/aromatic N) is 1. The van der Waals surface area contributed by atoms with Crippen molar-refractivity contribution in [3.63, 3.8) is 0 Å². The summed E-state index contributed by atoms with van der Waals surface area (Å²) >= 11 is 0. The lowest BCUT2D eigenvalue weighted by Crippen LogP contribution is -2.43. The Morgan fingerprint density at radius 3 is 1.75 bits per heavy atom. The summed E-state index contributed by atoms with van der Waals surface area (Å²) in [7, 11) is 0. The molecule has 8 aromatic rings. The van der Waals surface area contributed by atoms with Gasteiger partial charge in [0.1, 0.15) is 0 Å². The minimum atomic E-state index is -0.403. The molecular formula is C43H27N. The van der Waals surface area contributed by atoms with E-state index in [0.717, 1.165) is 11.0 Å². The second kappa shape index (κ2) is 8.75. The fourth-order valence-corrected chi connectivity index (χ4v) is 8.52. The van der Waals surface area contributed by atoms with E-state index in [4.69, 9.17) is 4.98 Å². The molecular weight excluding hydrogens is 530 g/mol. The number of pyridine rings is 1. The first-order chi connectivity index (χ1) is 21.8. The zero-order chi connectivity index (χ0) is 28.8. The second-order valence-corrected chi connectivity index (χ2v) is 12.2. The van der Waals surface area contributed by atoms with Crippen molar-refractivity contribution < 1.29 is 0 Å². The van der Waals surface area contributed by atoms with Gasteiger partial charge in [0, 0.05) is 27.6 Å². The van der Waals surface area contributed by atoms with Gasteiger partial charge in [-0.15, -0.1) is 0 Å². The third-order valence-electron chi connectivity index (χ3n) is 10.2. The average Bonchev–Trinajstić information content (AvgIpc) is 3.10. The van der Waals surface area contributed by atoms with Crippen LogP contribution in [0.25, 0.3) is 43.7 Å². The topological polar surface area (TPSA) is 12.9 Å². The van der Waals surface area contributed by atoms with Crippen LogP contribution in [0, 0.1) is 0 Å². The summed E-state index contributed by atoms with van der Waals surface area (Å²) in [5.41, 5.74) is 13.9. The van der Waals surface area contributed by atoms with E-state index in [1.54, 1.807) is 0 Å². The van der Waals surface area contributed by atoms with Crippen LogP contribution < -0.4 is 0 Å². The van der Waals surface area contributed by atoms with E-state index in [2.05, 4.69) is 158 Å². The van der Waals surface area contributed by atoms with Crippen molar-refractivity contribution in [2.24, 2.45) is 0 Å². The van der Waals surface area contributed by atoms with Gasteiger partial charge in [0.15, 0.2) is 0 Å². The first kappa shape index (κ1) is 24.0. The van der Waals surface area contributed by atoms with Gasteiger partial charge in [-0.3, -0.25) is 0 Å². The molecule has 0 N–H and O–H groups in total. The molecule has 1 heteroatoms. The fraction of sp³-hybridized carbons (Fsp3) is 0.0465. The van der Waals surface area contributed by atoms with Gasteiger partial charge in [-0.2, -0.15) is 0 Å². The molecule has 0 atom stereocenters. The zero-order valence-corrected chi connectivity index (χ0v) is 24.0. The summed E-state index contributed by atoms with van der Waals surface area (Å²) in [6.07, 6.45) is 0. The summed E-state index contributed by atoms with van der Waals surface area (Å²) < 4.78 is 0. The van der Waals surface area contributed by atoms with E-state index in [9.17, 15) is 0 Å². The largest absolute Gasteiger partial charge is 0.247 e. The van der Waals surface area contributed by atoms with Crippen LogP contribution in [0.4, 0.5) is 0 Å². The maximum Gasteiger partial charge on any atom is 0.0794 e. The van der Waals surface area contributed by atoms with Crippen molar-refractivity contribution in [1.82, 2.24) is 4.98 Å². The Hall–Kier alpha value is -5.53. The third kappa shape index (κ3) is 2.96. The highest BCUT2D eigenvalue weighted by Gasteiger charge is 2.52. The van der Waals surface area contributed by atoms with Gasteiger partial charge in [0.25, 0.3) is 0 Å². The molecule has 0 aliphatic heterocycles. The average molecular weight is 558 g/mol. The highest BCUT2D eigenvalue weighted by atomic mass is 14.7. The van der Waals surface area contributed by atoms with Crippen LogP contribution in [0.2, 0.25) is 0 Å². The summed E-state index contributed by atoms with van der Waals surface area (Å²) in [4.78, 5) is 5.23. The predicted octanol–water partition coefficient (Wildman–Crippen LogP) is 10.4. The van der Waals surface area contributed by atoms with Crippen LogP contribution in [-0.2, 0) is 5.41 Å². The molecule has 0 radical (unpaired) electrons. The Morgan fingerprint density at radius 2 is 1.05 bits per heavy atom. The zero-order valence-electron chi connectivity index (χ0n) is 24.0. The van der Waals surface area contributed by atoms with E-state index in [-0.39, 0.29) is 5.92 Å². The van der Waals surface area contributed by atoms with Gasteiger partial charge in [-0.25, -0.2) is 4.98 Å². The molecule has 1 heterocycles. The van der Waals surface area contributed by atoms with Crippen LogP contribution in [-0.4, -0.2) is 4.98 Å². The number of fused-ring (bicyclic) bond motifs is 4. The van der Waals surface area contributed by atoms with Crippen LogP contribution in [0.5, 0.6) is 0 Å². The highest BCUT2D eigenvalue weighted by Crippen LogP contribution is 2.61. The molecule has 3 aliphatic rings.